The van der Waals surface area contributed by atoms with E-state index in [-0.39, 0.29) is 0 Å². The van der Waals surface area contributed by atoms with E-state index in [0.29, 0.717) is 0 Å². The molecule has 1 aromatic carbocycles. The monoisotopic (exact) mass is 443 g/mol. The van der Waals surface area contributed by atoms with Crippen molar-refractivity contribution in [1.82, 2.24) is 19.8 Å². The molecule has 7 heteroatoms. The van der Waals surface area contributed by atoms with E-state index < -0.39 is 0 Å². The second-order valence-electron chi connectivity index (χ2n) is 8.74. The first-order chi connectivity index (χ1) is 14.8. The second kappa shape index (κ2) is 9.63. The van der Waals surface area contributed by atoms with Gasteiger partial charge in [-0.05, 0) is 31.9 Å². The van der Waals surface area contributed by atoms with Gasteiger partial charge in [-0.1, -0.05) is 11.6 Å². The van der Waals surface area contributed by atoms with Crippen molar-refractivity contribution in [3.8, 4) is 0 Å². The summed E-state index contributed by atoms with van der Waals surface area (Å²) in [5.41, 5.74) is 2.38. The SMILES string of the molecule is Cc1ccc2nc(CN3CCC(N4CCSCC4)CC3)nc(N3CCSCC3)c2c1. The van der Waals surface area contributed by atoms with E-state index in [1.165, 1.54) is 73.0 Å². The third-order valence-electron chi connectivity index (χ3n) is 6.67. The molecule has 2 aromatic rings. The van der Waals surface area contributed by atoms with Crippen LogP contribution in [0.2, 0.25) is 0 Å². The smallest absolute Gasteiger partial charge is 0.145 e. The number of likely N-dealkylation sites (tertiary alicyclic amines) is 1. The van der Waals surface area contributed by atoms with Crippen LogP contribution in [-0.4, -0.2) is 88.1 Å². The Labute approximate surface area is 189 Å². The molecule has 0 unspecified atom stereocenters. The highest BCUT2D eigenvalue weighted by molar-refractivity contribution is 7.99. The number of hydrogen-bond acceptors (Lipinski definition) is 7. The van der Waals surface area contributed by atoms with Crippen LogP contribution in [0.4, 0.5) is 5.82 Å². The molecular weight excluding hydrogens is 410 g/mol. The van der Waals surface area contributed by atoms with Crippen LogP contribution in [0.15, 0.2) is 18.2 Å². The predicted molar refractivity (Wildman–Crippen MR) is 131 cm³/mol. The zero-order valence-corrected chi connectivity index (χ0v) is 19.7. The molecule has 0 bridgehead atoms. The minimum absolute atomic E-state index is 0.782. The zero-order chi connectivity index (χ0) is 20.3. The maximum atomic E-state index is 5.12. The molecule has 0 spiro atoms. The number of fused-ring (bicyclic) bond motifs is 1. The van der Waals surface area contributed by atoms with E-state index in [0.717, 1.165) is 42.8 Å². The average Bonchev–Trinajstić information content (AvgIpc) is 2.80. The van der Waals surface area contributed by atoms with Crippen molar-refractivity contribution in [3.63, 3.8) is 0 Å². The van der Waals surface area contributed by atoms with Gasteiger partial charge in [-0.2, -0.15) is 23.5 Å². The summed E-state index contributed by atoms with van der Waals surface area (Å²) in [5.74, 6) is 7.14. The van der Waals surface area contributed by atoms with Crippen molar-refractivity contribution in [1.29, 1.82) is 0 Å². The standard InChI is InChI=1S/C23H33N5S2/c1-18-2-3-21-20(16-18)23(28-10-14-30-15-11-28)25-22(24-21)17-26-6-4-19(5-7-26)27-8-12-29-13-9-27/h2-3,16,19H,4-15,17H2,1H3. The Morgan fingerprint density at radius 1 is 0.900 bits per heavy atom. The van der Waals surface area contributed by atoms with E-state index >= 15 is 0 Å². The molecule has 0 saturated carbocycles. The maximum Gasteiger partial charge on any atom is 0.145 e. The van der Waals surface area contributed by atoms with Gasteiger partial charge in [0.1, 0.15) is 11.6 Å². The second-order valence-corrected chi connectivity index (χ2v) is 11.2. The lowest BCUT2D eigenvalue weighted by molar-refractivity contribution is 0.111. The molecule has 3 aliphatic rings. The van der Waals surface area contributed by atoms with Crippen LogP contribution in [0.5, 0.6) is 0 Å². The van der Waals surface area contributed by atoms with Crippen molar-refractivity contribution >= 4 is 40.2 Å². The molecule has 0 amide bonds. The molecule has 0 radical (unpaired) electrons. The molecule has 0 N–H and O–H groups in total. The molecule has 5 rings (SSSR count). The highest BCUT2D eigenvalue weighted by atomic mass is 32.2. The summed E-state index contributed by atoms with van der Waals surface area (Å²) in [7, 11) is 0. The number of benzene rings is 1. The van der Waals surface area contributed by atoms with Gasteiger partial charge in [-0.3, -0.25) is 9.80 Å². The van der Waals surface area contributed by atoms with Crippen LogP contribution < -0.4 is 4.90 Å². The average molecular weight is 444 g/mol. The van der Waals surface area contributed by atoms with Gasteiger partial charge in [-0.15, -0.1) is 0 Å². The Balaban J connectivity index is 1.31. The largest absolute Gasteiger partial charge is 0.354 e. The Hall–Kier alpha value is -1.02. The van der Waals surface area contributed by atoms with Gasteiger partial charge < -0.3 is 4.90 Å². The summed E-state index contributed by atoms with van der Waals surface area (Å²) in [6.07, 6.45) is 2.57. The van der Waals surface area contributed by atoms with Gasteiger partial charge in [0, 0.05) is 73.7 Å². The molecule has 162 valence electrons. The van der Waals surface area contributed by atoms with Crippen LogP contribution in [0.25, 0.3) is 10.9 Å². The van der Waals surface area contributed by atoms with Gasteiger partial charge in [-0.25, -0.2) is 9.97 Å². The normalized spacial score (nSPS) is 22.6. The van der Waals surface area contributed by atoms with Gasteiger partial charge in [0.25, 0.3) is 0 Å². The predicted octanol–water partition coefficient (Wildman–Crippen LogP) is 3.50. The fraction of sp³-hybridized carbons (Fsp3) is 0.652. The van der Waals surface area contributed by atoms with Crippen molar-refractivity contribution in [2.24, 2.45) is 0 Å². The lowest BCUT2D eigenvalue weighted by Gasteiger charge is -2.40. The van der Waals surface area contributed by atoms with Crippen molar-refractivity contribution in [3.05, 3.63) is 29.6 Å². The number of piperidine rings is 1. The first-order valence-electron chi connectivity index (χ1n) is 11.4. The molecule has 0 atom stereocenters. The highest BCUT2D eigenvalue weighted by Crippen LogP contribution is 2.28. The zero-order valence-electron chi connectivity index (χ0n) is 18.1. The van der Waals surface area contributed by atoms with E-state index in [1.54, 1.807) is 0 Å². The Bertz CT molecular complexity index is 856. The quantitative estimate of drug-likeness (QED) is 0.716. The molecule has 1 aromatic heterocycles. The fourth-order valence-corrected chi connectivity index (χ4v) is 6.78. The summed E-state index contributed by atoms with van der Waals surface area (Å²) in [6, 6.07) is 7.40. The molecular formula is C23H33N5S2. The van der Waals surface area contributed by atoms with Crippen molar-refractivity contribution < 1.29 is 0 Å². The summed E-state index contributed by atoms with van der Waals surface area (Å²) in [5, 5.41) is 1.22. The number of hydrogen-bond donors (Lipinski definition) is 0. The molecule has 4 heterocycles. The Kier molecular flexibility index (Phi) is 6.70. The van der Waals surface area contributed by atoms with Crippen LogP contribution in [0.1, 0.15) is 24.2 Å². The van der Waals surface area contributed by atoms with Gasteiger partial charge in [0.05, 0.1) is 12.1 Å². The number of aromatic nitrogens is 2. The van der Waals surface area contributed by atoms with Crippen molar-refractivity contribution in [2.75, 3.05) is 67.2 Å². The lowest BCUT2D eigenvalue weighted by Crippen LogP contribution is -2.47. The van der Waals surface area contributed by atoms with Crippen LogP contribution in [-0.2, 0) is 6.54 Å². The van der Waals surface area contributed by atoms with E-state index in [4.69, 9.17) is 9.97 Å². The molecule has 0 aliphatic carbocycles. The summed E-state index contributed by atoms with van der Waals surface area (Å²) in [4.78, 5) is 17.9. The summed E-state index contributed by atoms with van der Waals surface area (Å²) in [6.45, 7) is 10.1. The molecule has 30 heavy (non-hydrogen) atoms. The number of rotatable bonds is 4. The first-order valence-corrected chi connectivity index (χ1v) is 13.7. The summed E-state index contributed by atoms with van der Waals surface area (Å²) >= 11 is 4.15. The number of nitrogens with zero attached hydrogens (tertiary/aromatic N) is 5. The minimum Gasteiger partial charge on any atom is -0.354 e. The molecule has 3 aliphatic heterocycles. The molecule has 3 fully saturated rings. The Morgan fingerprint density at radius 2 is 1.60 bits per heavy atom. The van der Waals surface area contributed by atoms with Crippen molar-refractivity contribution in [2.45, 2.75) is 32.4 Å². The van der Waals surface area contributed by atoms with Gasteiger partial charge >= 0.3 is 0 Å². The van der Waals surface area contributed by atoms with Crippen LogP contribution in [0.3, 0.4) is 0 Å². The summed E-state index contributed by atoms with van der Waals surface area (Å²) < 4.78 is 0. The first kappa shape index (κ1) is 20.9. The van der Waals surface area contributed by atoms with Crippen LogP contribution >= 0.6 is 23.5 Å². The van der Waals surface area contributed by atoms with Crippen LogP contribution in [0, 0.1) is 6.92 Å². The highest BCUT2D eigenvalue weighted by Gasteiger charge is 2.26. The van der Waals surface area contributed by atoms with Gasteiger partial charge in [0.15, 0.2) is 0 Å². The van der Waals surface area contributed by atoms with E-state index in [1.807, 2.05) is 11.8 Å². The van der Waals surface area contributed by atoms with E-state index in [9.17, 15) is 0 Å². The number of anilines is 1. The maximum absolute atomic E-state index is 5.12. The third-order valence-corrected chi connectivity index (χ3v) is 8.56. The number of thioether (sulfide) groups is 2. The molecule has 5 nitrogen and oxygen atoms in total. The fourth-order valence-electron chi connectivity index (χ4n) is 4.95. The van der Waals surface area contributed by atoms with E-state index in [2.05, 4.69) is 51.6 Å². The lowest BCUT2D eigenvalue weighted by atomic mass is 10.0. The van der Waals surface area contributed by atoms with Gasteiger partial charge in [0.2, 0.25) is 0 Å². The third kappa shape index (κ3) is 4.74. The number of aryl methyl sites for hydroxylation is 1. The Morgan fingerprint density at radius 3 is 2.33 bits per heavy atom. The minimum atomic E-state index is 0.782. The molecule has 3 saturated heterocycles. The topological polar surface area (TPSA) is 35.5 Å².